The second kappa shape index (κ2) is 7.29. The zero-order valence-electron chi connectivity index (χ0n) is 12.8. The second-order valence-electron chi connectivity index (χ2n) is 5.06. The molecule has 0 spiro atoms. The van der Waals surface area contributed by atoms with Crippen LogP contribution >= 0.6 is 0 Å². The Hall–Kier alpha value is -2.78. The lowest BCUT2D eigenvalue weighted by Crippen LogP contribution is -1.99. The molecule has 0 saturated heterocycles. The Morgan fingerprint density at radius 2 is 1.18 bits per heavy atom. The predicted octanol–water partition coefficient (Wildman–Crippen LogP) is 2.74. The van der Waals surface area contributed by atoms with Crippen LogP contribution in [-0.2, 0) is 0 Å². The van der Waals surface area contributed by atoms with Gasteiger partial charge in [-0.25, -0.2) is 0 Å². The van der Waals surface area contributed by atoms with Crippen LogP contribution in [0.3, 0.4) is 0 Å². The normalized spacial score (nSPS) is 10.5. The largest absolute Gasteiger partial charge is 0.307 e. The lowest BCUT2D eigenvalue weighted by Gasteiger charge is -2.01. The Balaban J connectivity index is 0.000000220. The highest BCUT2D eigenvalue weighted by Crippen LogP contribution is 2.12. The maximum Gasteiger partial charge on any atom is 0.307 e. The molecule has 10 heteroatoms. The van der Waals surface area contributed by atoms with Crippen LogP contribution in [-0.4, -0.2) is 29.4 Å². The number of rotatable bonds is 4. The standard InChI is InChI=1S/2C6H9N3O2/c2*1-5(2)8-4-6(3-7-8)9(10)11/h2*3-5H,1-2H3. The summed E-state index contributed by atoms with van der Waals surface area (Å²) in [6.07, 6.45) is 5.34. The molecule has 0 fully saturated rings. The molecule has 0 atom stereocenters. The van der Waals surface area contributed by atoms with E-state index in [9.17, 15) is 20.2 Å². The number of hydrogen-bond acceptors (Lipinski definition) is 6. The average molecular weight is 310 g/mol. The number of aromatic nitrogens is 4. The molecule has 0 unspecified atom stereocenters. The summed E-state index contributed by atoms with van der Waals surface area (Å²) < 4.78 is 3.11. The molecule has 120 valence electrons. The van der Waals surface area contributed by atoms with Crippen LogP contribution in [0.2, 0.25) is 0 Å². The zero-order chi connectivity index (χ0) is 16.9. The van der Waals surface area contributed by atoms with Crippen molar-refractivity contribution in [2.24, 2.45) is 0 Å². The molecule has 0 bridgehead atoms. The van der Waals surface area contributed by atoms with Crippen LogP contribution in [0.25, 0.3) is 0 Å². The fraction of sp³-hybridized carbons (Fsp3) is 0.500. The van der Waals surface area contributed by atoms with Crippen molar-refractivity contribution < 1.29 is 9.85 Å². The van der Waals surface area contributed by atoms with E-state index in [-0.39, 0.29) is 23.5 Å². The van der Waals surface area contributed by atoms with Gasteiger partial charge in [-0.15, -0.1) is 0 Å². The van der Waals surface area contributed by atoms with Crippen molar-refractivity contribution in [3.63, 3.8) is 0 Å². The summed E-state index contributed by atoms with van der Waals surface area (Å²) in [5.41, 5.74) is 0.0809. The van der Waals surface area contributed by atoms with Crippen molar-refractivity contribution >= 4 is 11.4 Å². The Morgan fingerprint density at radius 3 is 1.32 bits per heavy atom. The topological polar surface area (TPSA) is 122 Å². The molecule has 2 aromatic rings. The van der Waals surface area contributed by atoms with E-state index < -0.39 is 9.85 Å². The van der Waals surface area contributed by atoms with Crippen LogP contribution in [0.1, 0.15) is 39.8 Å². The van der Waals surface area contributed by atoms with Gasteiger partial charge in [0.1, 0.15) is 24.8 Å². The monoisotopic (exact) mass is 310 g/mol. The molecular formula is C12H18N6O4. The molecule has 0 N–H and O–H groups in total. The van der Waals surface area contributed by atoms with Crippen molar-refractivity contribution in [3.8, 4) is 0 Å². The van der Waals surface area contributed by atoms with Gasteiger partial charge in [0.15, 0.2) is 0 Å². The van der Waals surface area contributed by atoms with E-state index in [1.165, 1.54) is 24.8 Å². The van der Waals surface area contributed by atoms with Crippen molar-refractivity contribution in [1.82, 2.24) is 19.6 Å². The SMILES string of the molecule is CC(C)n1cc([N+](=O)[O-])cn1.CC(C)n1cc([N+](=O)[O-])cn1. The number of nitrogens with zero attached hydrogens (tertiary/aromatic N) is 6. The van der Waals surface area contributed by atoms with E-state index in [1.54, 1.807) is 9.36 Å². The van der Waals surface area contributed by atoms with Gasteiger partial charge < -0.3 is 0 Å². The highest BCUT2D eigenvalue weighted by atomic mass is 16.6. The minimum Gasteiger partial charge on any atom is -0.263 e. The van der Waals surface area contributed by atoms with E-state index in [1.807, 2.05) is 27.7 Å². The summed E-state index contributed by atoms with van der Waals surface area (Å²) in [6, 6.07) is 0.340. The Labute approximate surface area is 126 Å². The molecule has 0 aliphatic carbocycles. The molecule has 0 radical (unpaired) electrons. The fourth-order valence-electron chi connectivity index (χ4n) is 1.41. The molecule has 0 saturated carbocycles. The van der Waals surface area contributed by atoms with Crippen molar-refractivity contribution in [1.29, 1.82) is 0 Å². The first kappa shape index (κ1) is 17.3. The molecule has 2 rings (SSSR count). The molecule has 10 nitrogen and oxygen atoms in total. The van der Waals surface area contributed by atoms with Crippen LogP contribution in [0.15, 0.2) is 24.8 Å². The van der Waals surface area contributed by atoms with Crippen molar-refractivity contribution in [2.45, 2.75) is 39.8 Å². The summed E-state index contributed by atoms with van der Waals surface area (Å²) in [6.45, 7) is 7.65. The van der Waals surface area contributed by atoms with Crippen molar-refractivity contribution in [3.05, 3.63) is 45.0 Å². The Morgan fingerprint density at radius 1 is 0.864 bits per heavy atom. The summed E-state index contributed by atoms with van der Waals surface area (Å²) in [4.78, 5) is 19.5. The van der Waals surface area contributed by atoms with E-state index in [0.717, 1.165) is 0 Å². The van der Waals surface area contributed by atoms with Crippen LogP contribution < -0.4 is 0 Å². The molecule has 22 heavy (non-hydrogen) atoms. The van der Waals surface area contributed by atoms with Crippen LogP contribution in [0, 0.1) is 20.2 Å². The van der Waals surface area contributed by atoms with E-state index in [2.05, 4.69) is 10.2 Å². The zero-order valence-corrected chi connectivity index (χ0v) is 12.8. The third-order valence-electron chi connectivity index (χ3n) is 2.66. The third kappa shape index (κ3) is 4.65. The van der Waals surface area contributed by atoms with Gasteiger partial charge >= 0.3 is 11.4 Å². The highest BCUT2D eigenvalue weighted by Gasteiger charge is 2.10. The van der Waals surface area contributed by atoms with Gasteiger partial charge in [0, 0.05) is 12.1 Å². The fourth-order valence-corrected chi connectivity index (χ4v) is 1.41. The molecule has 2 heterocycles. The average Bonchev–Trinajstić information content (AvgIpc) is 3.09. The lowest BCUT2D eigenvalue weighted by atomic mass is 10.4. The Bertz CT molecular complexity index is 589. The van der Waals surface area contributed by atoms with E-state index >= 15 is 0 Å². The van der Waals surface area contributed by atoms with Gasteiger partial charge in [-0.2, -0.15) is 10.2 Å². The second-order valence-corrected chi connectivity index (χ2v) is 5.06. The maximum atomic E-state index is 10.2. The molecule has 2 aromatic heterocycles. The first-order valence-corrected chi connectivity index (χ1v) is 6.59. The smallest absolute Gasteiger partial charge is 0.263 e. The first-order valence-electron chi connectivity index (χ1n) is 6.59. The quantitative estimate of drug-likeness (QED) is 0.632. The van der Waals surface area contributed by atoms with Gasteiger partial charge in [-0.1, -0.05) is 0 Å². The van der Waals surface area contributed by atoms with Crippen molar-refractivity contribution in [2.75, 3.05) is 0 Å². The molecule has 0 aliphatic rings. The molecular weight excluding hydrogens is 292 g/mol. The minimum absolute atomic E-state index is 0.0405. The first-order chi connectivity index (χ1) is 10.2. The molecule has 0 aromatic carbocycles. The number of hydrogen-bond donors (Lipinski definition) is 0. The summed E-state index contributed by atoms with van der Waals surface area (Å²) in [5, 5.41) is 28.0. The number of nitro groups is 2. The van der Waals surface area contributed by atoms with Crippen LogP contribution in [0.5, 0.6) is 0 Å². The third-order valence-corrected chi connectivity index (χ3v) is 2.66. The van der Waals surface area contributed by atoms with Gasteiger partial charge in [0.2, 0.25) is 0 Å². The highest BCUT2D eigenvalue weighted by molar-refractivity contribution is 5.21. The maximum absolute atomic E-state index is 10.2. The molecule has 0 amide bonds. The van der Waals surface area contributed by atoms with E-state index in [0.29, 0.717) is 0 Å². The summed E-state index contributed by atoms with van der Waals surface area (Å²) >= 11 is 0. The Kier molecular flexibility index (Phi) is 5.72. The summed E-state index contributed by atoms with van der Waals surface area (Å²) in [7, 11) is 0. The van der Waals surface area contributed by atoms with Gasteiger partial charge in [-0.05, 0) is 27.7 Å². The van der Waals surface area contributed by atoms with Crippen LogP contribution in [0.4, 0.5) is 11.4 Å². The van der Waals surface area contributed by atoms with Gasteiger partial charge in [0.05, 0.1) is 9.85 Å². The summed E-state index contributed by atoms with van der Waals surface area (Å²) in [5.74, 6) is 0. The predicted molar refractivity (Wildman–Crippen MR) is 78.5 cm³/mol. The molecule has 0 aliphatic heterocycles. The lowest BCUT2D eigenvalue weighted by molar-refractivity contribution is -0.385. The van der Waals surface area contributed by atoms with Gasteiger partial charge in [0.25, 0.3) is 0 Å². The van der Waals surface area contributed by atoms with E-state index in [4.69, 9.17) is 0 Å². The minimum atomic E-state index is -0.453. The van der Waals surface area contributed by atoms with Gasteiger partial charge in [-0.3, -0.25) is 29.6 Å².